The maximum atomic E-state index is 8.68. The lowest BCUT2D eigenvalue weighted by atomic mass is 9.86. The van der Waals surface area contributed by atoms with Crippen molar-refractivity contribution in [3.05, 3.63) is 64.8 Å². The molecule has 0 aliphatic heterocycles. The van der Waals surface area contributed by atoms with Crippen LogP contribution in [-0.4, -0.2) is 0 Å². The van der Waals surface area contributed by atoms with Crippen LogP contribution in [0.15, 0.2) is 42.6 Å². The summed E-state index contributed by atoms with van der Waals surface area (Å²) in [4.78, 5) is 0. The maximum absolute atomic E-state index is 8.68. The van der Waals surface area contributed by atoms with Crippen LogP contribution in [0.1, 0.15) is 94.8 Å². The zero-order valence-corrected chi connectivity index (χ0v) is 19.0. The van der Waals surface area contributed by atoms with Gasteiger partial charge in [0.1, 0.15) is 8.42 Å². The quantitative estimate of drug-likeness (QED) is 0.407. The summed E-state index contributed by atoms with van der Waals surface area (Å²) >= 11 is 0. The van der Waals surface area contributed by atoms with E-state index in [2.05, 4.69) is 69.5 Å². The number of rotatable bonds is 4. The number of hydrogen-bond donors (Lipinski definition) is 0. The monoisotopic (exact) mass is 387 g/mol. The maximum Gasteiger partial charge on any atom is 0.220 e. The summed E-state index contributed by atoms with van der Waals surface area (Å²) in [5.74, 6) is 1.65. The van der Waals surface area contributed by atoms with E-state index in [0.717, 1.165) is 0 Å². The number of hydrogen-bond acceptors (Lipinski definition) is 0. The molecule has 0 unspecified atom stereocenters. The van der Waals surface area contributed by atoms with Gasteiger partial charge in [-0.15, -0.1) is 0 Å². The number of benzene rings is 2. The second kappa shape index (κ2) is 7.94. The van der Waals surface area contributed by atoms with E-state index in [0.29, 0.717) is 23.9 Å². The van der Waals surface area contributed by atoms with Crippen LogP contribution in [0.4, 0.5) is 0 Å². The standard InChI is InChI=1S/C28H36N/c1-18(2)24-16-26(19(3)4)20(5)27(17-24)28-25-12-11-22(21-9-7-8-10-21)15-23(25)13-14-29(28)6/h11-19,21H,7-10H2,1-6H3/q+1/i14D. The van der Waals surface area contributed by atoms with Gasteiger partial charge in [-0.05, 0) is 77.3 Å². The molecule has 0 bridgehead atoms. The summed E-state index contributed by atoms with van der Waals surface area (Å²) < 4.78 is 10.7. The summed E-state index contributed by atoms with van der Waals surface area (Å²) in [5, 5.41) is 2.46. The second-order valence-electron chi connectivity index (χ2n) is 9.60. The Bertz CT molecular complexity index is 1090. The minimum Gasteiger partial charge on any atom is -0.200 e. The van der Waals surface area contributed by atoms with Crippen LogP contribution in [0.5, 0.6) is 0 Å². The van der Waals surface area contributed by atoms with Crippen molar-refractivity contribution in [1.82, 2.24) is 0 Å². The molecule has 1 aliphatic carbocycles. The van der Waals surface area contributed by atoms with E-state index in [4.69, 9.17) is 1.37 Å². The first kappa shape index (κ1) is 18.9. The zero-order chi connectivity index (χ0) is 21.6. The van der Waals surface area contributed by atoms with Crippen molar-refractivity contribution in [3.63, 3.8) is 0 Å². The molecular formula is C28H36N+. The average Bonchev–Trinajstić information content (AvgIpc) is 3.24. The molecule has 4 rings (SSSR count). The number of nitrogens with zero attached hydrogens (tertiary/aromatic N) is 1. The van der Waals surface area contributed by atoms with Gasteiger partial charge in [0.25, 0.3) is 0 Å². The number of fused-ring (bicyclic) bond motifs is 1. The van der Waals surface area contributed by atoms with Crippen molar-refractivity contribution < 1.29 is 5.94 Å². The Kier molecular flexibility index (Phi) is 5.16. The third kappa shape index (κ3) is 3.72. The lowest BCUT2D eigenvalue weighted by Crippen LogP contribution is -2.31. The Labute approximate surface area is 178 Å². The van der Waals surface area contributed by atoms with Gasteiger partial charge in [-0.25, -0.2) is 4.57 Å². The Hall–Kier alpha value is -2.15. The number of aromatic nitrogens is 1. The van der Waals surface area contributed by atoms with Crippen LogP contribution in [0.2, 0.25) is 0 Å². The van der Waals surface area contributed by atoms with Crippen molar-refractivity contribution >= 4 is 10.8 Å². The summed E-state index contributed by atoms with van der Waals surface area (Å²) in [6, 6.07) is 13.8. The van der Waals surface area contributed by atoms with Crippen LogP contribution in [0, 0.1) is 6.92 Å². The normalized spacial score (nSPS) is 15.7. The first-order valence-corrected chi connectivity index (χ1v) is 11.4. The highest BCUT2D eigenvalue weighted by Crippen LogP contribution is 2.38. The summed E-state index contributed by atoms with van der Waals surface area (Å²) in [7, 11) is 2.04. The van der Waals surface area contributed by atoms with E-state index in [1.807, 2.05) is 13.1 Å². The molecule has 1 nitrogen and oxygen atoms in total. The smallest absolute Gasteiger partial charge is 0.200 e. The van der Waals surface area contributed by atoms with Gasteiger partial charge in [-0.1, -0.05) is 58.7 Å². The van der Waals surface area contributed by atoms with Gasteiger partial charge in [0.2, 0.25) is 5.69 Å². The van der Waals surface area contributed by atoms with Crippen molar-refractivity contribution in [2.75, 3.05) is 0 Å². The molecule has 1 heteroatoms. The fourth-order valence-electron chi connectivity index (χ4n) is 5.11. The second-order valence-corrected chi connectivity index (χ2v) is 9.60. The third-order valence-corrected chi connectivity index (χ3v) is 6.92. The highest BCUT2D eigenvalue weighted by molar-refractivity contribution is 5.94. The van der Waals surface area contributed by atoms with Crippen molar-refractivity contribution in [3.8, 4) is 11.3 Å². The van der Waals surface area contributed by atoms with Gasteiger partial charge in [0.15, 0.2) is 6.17 Å². The van der Waals surface area contributed by atoms with E-state index in [9.17, 15) is 0 Å². The molecule has 1 aromatic heterocycles. The zero-order valence-electron chi connectivity index (χ0n) is 20.0. The van der Waals surface area contributed by atoms with E-state index in [1.165, 1.54) is 70.0 Å². The summed E-state index contributed by atoms with van der Waals surface area (Å²) in [5.41, 5.74) is 8.05. The number of pyridine rings is 1. The highest BCUT2D eigenvalue weighted by atomic mass is 14.9. The van der Waals surface area contributed by atoms with Crippen molar-refractivity contribution in [1.29, 1.82) is 0 Å². The Morgan fingerprint density at radius 1 is 0.966 bits per heavy atom. The van der Waals surface area contributed by atoms with Crippen LogP contribution in [0.25, 0.3) is 22.0 Å². The topological polar surface area (TPSA) is 3.88 Å². The molecule has 0 saturated heterocycles. The minimum atomic E-state index is 0.478. The Morgan fingerprint density at radius 2 is 1.69 bits per heavy atom. The van der Waals surface area contributed by atoms with Crippen LogP contribution in [-0.2, 0) is 7.05 Å². The predicted molar refractivity (Wildman–Crippen MR) is 125 cm³/mol. The van der Waals surface area contributed by atoms with Gasteiger partial charge < -0.3 is 0 Å². The van der Waals surface area contributed by atoms with Crippen LogP contribution in [0.3, 0.4) is 0 Å². The molecule has 0 N–H and O–H groups in total. The molecule has 1 aliphatic rings. The molecule has 0 amide bonds. The predicted octanol–water partition coefficient (Wildman–Crippen LogP) is 7.54. The average molecular weight is 388 g/mol. The van der Waals surface area contributed by atoms with E-state index in [1.54, 1.807) is 0 Å². The van der Waals surface area contributed by atoms with Crippen molar-refractivity contribution in [2.45, 2.75) is 78.1 Å². The molecule has 0 atom stereocenters. The Balaban J connectivity index is 1.99. The van der Waals surface area contributed by atoms with Gasteiger partial charge in [0.05, 0.1) is 10.9 Å². The third-order valence-electron chi connectivity index (χ3n) is 6.92. The van der Waals surface area contributed by atoms with Gasteiger partial charge in [-0.2, -0.15) is 0 Å². The SMILES string of the molecule is [2H]c1cc2cc(C3CCCC3)ccc2c(-c2cc(C(C)C)cc(C(C)C)c2C)[n+]1C. The van der Waals surface area contributed by atoms with Crippen molar-refractivity contribution in [2.24, 2.45) is 7.05 Å². The fourth-order valence-corrected chi connectivity index (χ4v) is 5.11. The van der Waals surface area contributed by atoms with E-state index >= 15 is 0 Å². The molecule has 152 valence electrons. The van der Waals surface area contributed by atoms with Crippen LogP contribution >= 0.6 is 0 Å². The molecular weight excluding hydrogens is 350 g/mol. The largest absolute Gasteiger partial charge is 0.220 e. The first-order chi connectivity index (χ1) is 14.3. The minimum absolute atomic E-state index is 0.478. The molecule has 1 fully saturated rings. The van der Waals surface area contributed by atoms with Gasteiger partial charge in [0, 0.05) is 6.07 Å². The van der Waals surface area contributed by atoms with Crippen LogP contribution < -0.4 is 4.57 Å². The summed E-state index contributed by atoms with van der Waals surface area (Å²) in [6.45, 7) is 11.4. The Morgan fingerprint density at radius 3 is 2.34 bits per heavy atom. The highest BCUT2D eigenvalue weighted by Gasteiger charge is 2.23. The molecule has 0 spiro atoms. The molecule has 0 radical (unpaired) electrons. The van der Waals surface area contributed by atoms with Gasteiger partial charge >= 0.3 is 0 Å². The lowest BCUT2D eigenvalue weighted by Gasteiger charge is -2.19. The molecule has 29 heavy (non-hydrogen) atoms. The molecule has 1 heterocycles. The first-order valence-electron chi connectivity index (χ1n) is 11.9. The lowest BCUT2D eigenvalue weighted by molar-refractivity contribution is -0.659. The van der Waals surface area contributed by atoms with E-state index in [-0.39, 0.29) is 0 Å². The van der Waals surface area contributed by atoms with Gasteiger partial charge in [-0.3, -0.25) is 0 Å². The van der Waals surface area contributed by atoms with E-state index < -0.39 is 0 Å². The fraction of sp³-hybridized carbons (Fsp3) is 0.464. The molecule has 3 aromatic rings. The molecule has 2 aromatic carbocycles. The molecule has 1 saturated carbocycles. The summed E-state index contributed by atoms with van der Waals surface area (Å²) in [6.07, 6.45) is 5.88.